The van der Waals surface area contributed by atoms with Gasteiger partial charge in [0, 0.05) is 5.56 Å². The monoisotopic (exact) mass is 311 g/mol. The molecule has 2 aromatic heterocycles. The Kier molecular flexibility index (Phi) is 3.19. The number of nitrogens with one attached hydrogen (secondary N) is 1. The largest absolute Gasteiger partial charge is 0.339 e. The van der Waals surface area contributed by atoms with Crippen molar-refractivity contribution in [2.75, 3.05) is 5.32 Å². The van der Waals surface area contributed by atoms with E-state index in [1.165, 1.54) is 29.0 Å². The maximum absolute atomic E-state index is 13.1. The van der Waals surface area contributed by atoms with Crippen LogP contribution in [-0.2, 0) is 0 Å². The molecule has 5 nitrogen and oxygen atoms in total. The number of hydrogen-bond acceptors (Lipinski definition) is 4. The minimum Gasteiger partial charge on any atom is -0.339 e. The van der Waals surface area contributed by atoms with Gasteiger partial charge in [-0.3, -0.25) is 0 Å². The topological polar surface area (TPSA) is 55.1 Å². The van der Waals surface area contributed by atoms with Crippen LogP contribution < -0.4 is 5.32 Å². The molecule has 0 fully saturated rings. The molecular weight excluding hydrogens is 304 g/mol. The van der Waals surface area contributed by atoms with E-state index < -0.39 is 5.82 Å². The van der Waals surface area contributed by atoms with Crippen molar-refractivity contribution in [1.29, 1.82) is 0 Å². The van der Waals surface area contributed by atoms with Gasteiger partial charge in [0.1, 0.15) is 23.1 Å². The molecule has 0 aliphatic carbocycles. The lowest BCUT2D eigenvalue weighted by Crippen LogP contribution is -2.05. The molecule has 8 heteroatoms. The van der Waals surface area contributed by atoms with E-state index in [1.807, 2.05) is 0 Å². The van der Waals surface area contributed by atoms with Gasteiger partial charge in [0.05, 0.1) is 10.7 Å². The lowest BCUT2D eigenvalue weighted by atomic mass is 10.3. The van der Waals surface area contributed by atoms with Crippen molar-refractivity contribution in [3.63, 3.8) is 0 Å². The van der Waals surface area contributed by atoms with Crippen LogP contribution in [0.4, 0.5) is 15.9 Å². The number of rotatable bonds is 2. The number of hydrogen-bond donors (Lipinski definition) is 1. The fourth-order valence-corrected chi connectivity index (χ4v) is 2.14. The molecule has 0 saturated carbocycles. The molecule has 0 aliphatic heterocycles. The standard InChI is InChI=1S/C12H8Cl2FN5/c1-6-10(14)19-12-16-5-17-20(12)11(6)18-9-3-2-7(15)4-8(9)13/h2-5,18H,1H3. The summed E-state index contributed by atoms with van der Waals surface area (Å²) in [6, 6.07) is 4.07. The quantitative estimate of drug-likeness (QED) is 0.734. The van der Waals surface area contributed by atoms with Gasteiger partial charge in [0.2, 0.25) is 0 Å². The number of halogens is 3. The van der Waals surface area contributed by atoms with E-state index in [1.54, 1.807) is 6.92 Å². The van der Waals surface area contributed by atoms with E-state index in [0.29, 0.717) is 28.0 Å². The van der Waals surface area contributed by atoms with Crippen LogP contribution in [0.1, 0.15) is 5.56 Å². The first-order valence-corrected chi connectivity index (χ1v) is 6.40. The highest BCUT2D eigenvalue weighted by molar-refractivity contribution is 6.33. The third-order valence-corrected chi connectivity index (χ3v) is 3.47. The molecule has 1 N–H and O–H groups in total. The molecule has 3 rings (SSSR count). The van der Waals surface area contributed by atoms with Crippen LogP contribution in [0.5, 0.6) is 0 Å². The Bertz CT molecular complexity index is 802. The van der Waals surface area contributed by atoms with E-state index >= 15 is 0 Å². The van der Waals surface area contributed by atoms with Gasteiger partial charge in [0.15, 0.2) is 0 Å². The zero-order valence-electron chi connectivity index (χ0n) is 10.2. The van der Waals surface area contributed by atoms with E-state index in [2.05, 4.69) is 20.4 Å². The Morgan fingerprint density at radius 3 is 2.85 bits per heavy atom. The molecule has 20 heavy (non-hydrogen) atoms. The van der Waals surface area contributed by atoms with Crippen LogP contribution in [0.15, 0.2) is 24.5 Å². The van der Waals surface area contributed by atoms with Gasteiger partial charge in [-0.2, -0.15) is 19.6 Å². The fraction of sp³-hybridized carbons (Fsp3) is 0.0833. The van der Waals surface area contributed by atoms with Gasteiger partial charge >= 0.3 is 0 Å². The molecule has 0 amide bonds. The smallest absolute Gasteiger partial charge is 0.255 e. The highest BCUT2D eigenvalue weighted by Crippen LogP contribution is 2.29. The molecule has 0 bridgehead atoms. The summed E-state index contributed by atoms with van der Waals surface area (Å²) in [4.78, 5) is 8.08. The first-order chi connectivity index (χ1) is 9.56. The fourth-order valence-electron chi connectivity index (χ4n) is 1.76. The van der Waals surface area contributed by atoms with Crippen LogP contribution in [0.3, 0.4) is 0 Å². The van der Waals surface area contributed by atoms with Gasteiger partial charge in [-0.25, -0.2) is 4.39 Å². The van der Waals surface area contributed by atoms with Crippen molar-refractivity contribution in [3.05, 3.63) is 46.1 Å². The summed E-state index contributed by atoms with van der Waals surface area (Å²) < 4.78 is 14.6. The Labute approximate surface area is 123 Å². The summed E-state index contributed by atoms with van der Waals surface area (Å²) in [7, 11) is 0. The zero-order valence-corrected chi connectivity index (χ0v) is 11.7. The van der Waals surface area contributed by atoms with E-state index in [9.17, 15) is 4.39 Å². The molecular formula is C12H8Cl2FN5. The zero-order chi connectivity index (χ0) is 14.3. The Morgan fingerprint density at radius 1 is 1.30 bits per heavy atom. The van der Waals surface area contributed by atoms with Crippen LogP contribution in [0.2, 0.25) is 10.2 Å². The summed E-state index contributed by atoms with van der Waals surface area (Å²) in [5, 5.41) is 7.71. The predicted molar refractivity (Wildman–Crippen MR) is 75.2 cm³/mol. The maximum atomic E-state index is 13.1. The molecule has 0 radical (unpaired) electrons. The average molecular weight is 312 g/mol. The number of nitrogens with zero attached hydrogens (tertiary/aromatic N) is 4. The summed E-state index contributed by atoms with van der Waals surface area (Å²) in [6.07, 6.45) is 1.37. The van der Waals surface area contributed by atoms with E-state index in [0.717, 1.165) is 0 Å². The normalized spacial score (nSPS) is 11.0. The van der Waals surface area contributed by atoms with Crippen molar-refractivity contribution >= 4 is 40.5 Å². The van der Waals surface area contributed by atoms with E-state index in [4.69, 9.17) is 23.2 Å². The summed E-state index contributed by atoms with van der Waals surface area (Å²) in [5.74, 6) is 0.531. The Hall–Kier alpha value is -1.92. The second-order valence-electron chi connectivity index (χ2n) is 4.10. The van der Waals surface area contributed by atoms with E-state index in [-0.39, 0.29) is 5.02 Å². The van der Waals surface area contributed by atoms with Gasteiger partial charge in [-0.05, 0) is 25.1 Å². The van der Waals surface area contributed by atoms with Crippen molar-refractivity contribution < 1.29 is 4.39 Å². The number of benzene rings is 1. The lowest BCUT2D eigenvalue weighted by Gasteiger charge is -2.12. The minimum atomic E-state index is -0.407. The molecule has 102 valence electrons. The molecule has 0 atom stereocenters. The lowest BCUT2D eigenvalue weighted by molar-refractivity contribution is 0.628. The van der Waals surface area contributed by atoms with Crippen LogP contribution in [-0.4, -0.2) is 19.6 Å². The third kappa shape index (κ3) is 2.17. The highest BCUT2D eigenvalue weighted by atomic mass is 35.5. The molecule has 0 spiro atoms. The van der Waals surface area contributed by atoms with Crippen LogP contribution in [0, 0.1) is 12.7 Å². The third-order valence-electron chi connectivity index (χ3n) is 2.79. The number of anilines is 2. The van der Waals surface area contributed by atoms with Crippen LogP contribution in [0.25, 0.3) is 5.78 Å². The van der Waals surface area contributed by atoms with Gasteiger partial charge in [-0.1, -0.05) is 23.2 Å². The molecule has 0 unspecified atom stereocenters. The van der Waals surface area contributed by atoms with Crippen molar-refractivity contribution in [2.45, 2.75) is 6.92 Å². The molecule has 2 heterocycles. The highest BCUT2D eigenvalue weighted by Gasteiger charge is 2.13. The van der Waals surface area contributed by atoms with Gasteiger partial charge in [-0.15, -0.1) is 0 Å². The van der Waals surface area contributed by atoms with Crippen molar-refractivity contribution in [2.24, 2.45) is 0 Å². The Morgan fingerprint density at radius 2 is 2.10 bits per heavy atom. The number of aromatic nitrogens is 4. The second-order valence-corrected chi connectivity index (χ2v) is 4.86. The molecule has 3 aromatic rings. The molecule has 0 aliphatic rings. The Balaban J connectivity index is 2.14. The first-order valence-electron chi connectivity index (χ1n) is 5.64. The molecule has 0 saturated heterocycles. The summed E-state index contributed by atoms with van der Waals surface area (Å²) >= 11 is 12.1. The van der Waals surface area contributed by atoms with Crippen LogP contribution >= 0.6 is 23.2 Å². The SMILES string of the molecule is Cc1c(Cl)nc2ncnn2c1Nc1ccc(F)cc1Cl. The summed E-state index contributed by atoms with van der Waals surface area (Å²) in [6.45, 7) is 1.79. The predicted octanol–water partition coefficient (Wildman–Crippen LogP) is 3.62. The van der Waals surface area contributed by atoms with Crippen molar-refractivity contribution in [1.82, 2.24) is 19.6 Å². The molecule has 1 aromatic carbocycles. The van der Waals surface area contributed by atoms with Crippen molar-refractivity contribution in [3.8, 4) is 0 Å². The number of fused-ring (bicyclic) bond motifs is 1. The van der Waals surface area contributed by atoms with Gasteiger partial charge in [0.25, 0.3) is 5.78 Å². The minimum absolute atomic E-state index is 0.255. The second kappa shape index (κ2) is 4.88. The maximum Gasteiger partial charge on any atom is 0.255 e. The summed E-state index contributed by atoms with van der Waals surface area (Å²) in [5.41, 5.74) is 1.22. The van der Waals surface area contributed by atoms with Gasteiger partial charge < -0.3 is 5.32 Å². The average Bonchev–Trinajstić information content (AvgIpc) is 2.85. The first kappa shape index (κ1) is 13.1.